The summed E-state index contributed by atoms with van der Waals surface area (Å²) in [6.45, 7) is 0. The second-order valence-electron chi connectivity index (χ2n) is 0.750. The van der Waals surface area contributed by atoms with Crippen LogP contribution < -0.4 is 30.6 Å². The molecule has 90 valence electrons. The van der Waals surface area contributed by atoms with Crippen LogP contribution in [0.25, 0.3) is 0 Å². The Balaban J connectivity index is -0.0000000135. The summed E-state index contributed by atoms with van der Waals surface area (Å²) in [5.74, 6) is 0. The number of carboxylic acid groups (broad SMARTS) is 6. The zero-order valence-corrected chi connectivity index (χ0v) is 12.1. The molecule has 0 spiro atoms. The van der Waals surface area contributed by atoms with Crippen LogP contribution in [0.2, 0.25) is 0 Å². The molecule has 0 fully saturated rings. The Kier molecular flexibility index (Phi) is 103. The van der Waals surface area contributed by atoms with Crippen molar-refractivity contribution in [3.63, 3.8) is 0 Å². The van der Waals surface area contributed by atoms with Crippen LogP contribution in [0, 0.1) is 0 Å². The van der Waals surface area contributed by atoms with Crippen LogP contribution in [0.3, 0.4) is 0 Å². The molecule has 0 aliphatic rings. The molecule has 0 heterocycles. The van der Waals surface area contributed by atoms with Crippen molar-refractivity contribution in [1.82, 2.24) is 0 Å². The van der Waals surface area contributed by atoms with Crippen molar-refractivity contribution < 1.29 is 108 Å². The number of carbonyl (C=O) groups is 3. The molecule has 16 heavy (non-hydrogen) atoms. The van der Waals surface area contributed by atoms with Crippen LogP contribution in [-0.2, 0) is 52.4 Å². The van der Waals surface area contributed by atoms with Gasteiger partial charge in [0.25, 0.3) is 0 Å². The van der Waals surface area contributed by atoms with Crippen LogP contribution in [-0.4, -0.2) is 29.4 Å². The normalized spacial score (nSPS) is 4.50. The van der Waals surface area contributed by atoms with Gasteiger partial charge in [0.05, 0.1) is 0 Å². The van der Waals surface area contributed by atoms with Crippen molar-refractivity contribution in [2.45, 2.75) is 0 Å². The number of hydrogen-bond donors (Lipinski definition) is 0. The zero-order chi connectivity index (χ0) is 10.7. The summed E-state index contributed by atoms with van der Waals surface area (Å²) < 4.78 is 0. The molecule has 0 saturated carbocycles. The van der Waals surface area contributed by atoms with Crippen LogP contribution >= 0.6 is 0 Å². The first-order chi connectivity index (χ1) is 5.20. The summed E-state index contributed by atoms with van der Waals surface area (Å²) in [4.78, 5) is 25.0. The molecule has 0 aromatic heterocycles. The Bertz CT molecular complexity index is 117. The summed E-state index contributed by atoms with van der Waals surface area (Å²) in [6, 6.07) is 0. The molecule has 0 atom stereocenters. The fourth-order valence-corrected chi connectivity index (χ4v) is 0. The van der Waals surface area contributed by atoms with Crippen molar-refractivity contribution in [1.29, 1.82) is 0 Å². The molecular weight excluding hydrogens is 394 g/mol. The predicted molar refractivity (Wildman–Crippen MR) is 23.4 cm³/mol. The Morgan fingerprint density at radius 3 is 0.500 bits per heavy atom. The SMILES string of the molecule is O.O.O=C([O-])[O-].O=C([O-])[O-].O=C([O-])[O-].[Zr+3].[Zr+3]. The first-order valence-electron chi connectivity index (χ1n) is 1.84. The quantitative estimate of drug-likeness (QED) is 0.374. The Morgan fingerprint density at radius 1 is 0.500 bits per heavy atom. The van der Waals surface area contributed by atoms with Gasteiger partial charge in [0.2, 0.25) is 0 Å². The molecule has 0 unspecified atom stereocenters. The molecule has 11 nitrogen and oxygen atoms in total. The Morgan fingerprint density at radius 2 is 0.500 bits per heavy atom. The molecule has 0 aliphatic heterocycles. The van der Waals surface area contributed by atoms with Gasteiger partial charge >= 0.3 is 52.4 Å². The smallest absolute Gasteiger partial charge is 0.652 e. The van der Waals surface area contributed by atoms with E-state index in [-0.39, 0.29) is 63.4 Å². The van der Waals surface area contributed by atoms with E-state index >= 15 is 0 Å². The summed E-state index contributed by atoms with van der Waals surface area (Å²) in [5, 5.41) is 50.0. The van der Waals surface area contributed by atoms with Crippen LogP contribution in [0.1, 0.15) is 0 Å². The van der Waals surface area contributed by atoms with Crippen molar-refractivity contribution >= 4 is 18.5 Å². The van der Waals surface area contributed by atoms with E-state index in [2.05, 4.69) is 0 Å². The Hall–Kier alpha value is -0.504. The van der Waals surface area contributed by atoms with E-state index in [4.69, 9.17) is 45.0 Å². The topological polar surface area (TPSA) is 253 Å². The molecule has 13 heteroatoms. The molecule has 0 rings (SSSR count). The molecule has 0 saturated heterocycles. The molecule has 4 N–H and O–H groups in total. The minimum atomic E-state index is -2.33. The average molecular weight is 399 g/mol. The van der Waals surface area contributed by atoms with Gasteiger partial charge in [-0.2, -0.15) is 0 Å². The van der Waals surface area contributed by atoms with Gasteiger partial charge in [0, 0.05) is 0 Å². The second kappa shape index (κ2) is 36.6. The number of rotatable bonds is 0. The van der Waals surface area contributed by atoms with Gasteiger partial charge in [-0.1, -0.05) is 0 Å². The van der Waals surface area contributed by atoms with Crippen LogP contribution in [0.4, 0.5) is 14.4 Å². The minimum Gasteiger partial charge on any atom is -0.652 e. The fraction of sp³-hybridized carbons (Fsp3) is 0. The van der Waals surface area contributed by atoms with E-state index in [1.54, 1.807) is 0 Å². The molecule has 0 aliphatic carbocycles. The van der Waals surface area contributed by atoms with E-state index in [0.29, 0.717) is 0 Å². The molecule has 0 amide bonds. The maximum atomic E-state index is 8.33. The maximum absolute atomic E-state index is 8.33. The van der Waals surface area contributed by atoms with Gasteiger partial charge in [-0.25, -0.2) is 0 Å². The molecule has 2 radical (unpaired) electrons. The first kappa shape index (κ1) is 45.1. The minimum absolute atomic E-state index is 0. The third kappa shape index (κ3) is 8300. The second-order valence-corrected chi connectivity index (χ2v) is 0.750. The zero-order valence-electron chi connectivity index (χ0n) is 7.17. The van der Waals surface area contributed by atoms with Gasteiger partial charge in [-0.15, -0.1) is 0 Å². The standard InChI is InChI=1S/3CH2O3.2H2O.2Zr/c3*2-1(3)4;;;;/h3*(H2,2,3,4);2*1H2;;/q;;;;;2*+3/p-6. The molecule has 0 bridgehead atoms. The first-order valence-corrected chi connectivity index (χ1v) is 1.84. The maximum Gasteiger partial charge on any atom is 3.00 e. The van der Waals surface area contributed by atoms with Crippen molar-refractivity contribution in [3.05, 3.63) is 0 Å². The summed E-state index contributed by atoms with van der Waals surface area (Å²) in [7, 11) is 0. The van der Waals surface area contributed by atoms with E-state index in [1.807, 2.05) is 0 Å². The molecule has 0 aromatic carbocycles. The van der Waals surface area contributed by atoms with E-state index < -0.39 is 18.5 Å². The van der Waals surface area contributed by atoms with Crippen molar-refractivity contribution in [2.24, 2.45) is 0 Å². The Labute approximate surface area is 126 Å². The van der Waals surface area contributed by atoms with Crippen LogP contribution in [0.15, 0.2) is 0 Å². The third-order valence-corrected chi connectivity index (χ3v) is 0. The molecule has 0 aromatic rings. The fourth-order valence-electron chi connectivity index (χ4n) is 0. The van der Waals surface area contributed by atoms with Gasteiger partial charge in [-0.3, -0.25) is 0 Å². The average Bonchev–Trinajstić information content (AvgIpc) is 1.54. The summed E-state index contributed by atoms with van der Waals surface area (Å²) in [6.07, 6.45) is -7.00. The van der Waals surface area contributed by atoms with Gasteiger partial charge in [0.15, 0.2) is 0 Å². The third-order valence-electron chi connectivity index (χ3n) is 0. The van der Waals surface area contributed by atoms with Gasteiger partial charge in [0.1, 0.15) is 0 Å². The van der Waals surface area contributed by atoms with Crippen LogP contribution in [0.5, 0.6) is 0 Å². The largest absolute Gasteiger partial charge is 3.00 e. The van der Waals surface area contributed by atoms with Crippen molar-refractivity contribution in [2.75, 3.05) is 0 Å². The summed E-state index contributed by atoms with van der Waals surface area (Å²) in [5.41, 5.74) is 0. The summed E-state index contributed by atoms with van der Waals surface area (Å²) >= 11 is 0. The van der Waals surface area contributed by atoms with Crippen molar-refractivity contribution in [3.8, 4) is 0 Å². The van der Waals surface area contributed by atoms with E-state index in [9.17, 15) is 0 Å². The number of carbonyl (C=O) groups excluding carboxylic acids is 3. The predicted octanol–water partition coefficient (Wildman–Crippen LogP) is -9.00. The van der Waals surface area contributed by atoms with Gasteiger partial charge in [-0.05, 0) is 18.5 Å². The molecular formula is C3H4O11Zr2. The van der Waals surface area contributed by atoms with Gasteiger partial charge < -0.3 is 56.0 Å². The monoisotopic (exact) mass is 396 g/mol. The van der Waals surface area contributed by atoms with E-state index in [1.165, 1.54) is 0 Å². The van der Waals surface area contributed by atoms with E-state index in [0.717, 1.165) is 0 Å². The number of hydrogen-bond acceptors (Lipinski definition) is 9.